The lowest BCUT2D eigenvalue weighted by atomic mass is 10.2. The van der Waals surface area contributed by atoms with E-state index in [9.17, 15) is 9.59 Å². The summed E-state index contributed by atoms with van der Waals surface area (Å²) in [5, 5.41) is 11.7. The van der Waals surface area contributed by atoms with Gasteiger partial charge in [-0.3, -0.25) is 4.79 Å². The first-order valence-electron chi connectivity index (χ1n) is 6.69. The lowest BCUT2D eigenvalue weighted by molar-refractivity contribution is -0.139. The van der Waals surface area contributed by atoms with E-state index < -0.39 is 18.5 Å². The van der Waals surface area contributed by atoms with Gasteiger partial charge < -0.3 is 19.9 Å². The number of benzene rings is 2. The number of hydrogen-bond donors (Lipinski definition) is 2. The zero-order valence-electron chi connectivity index (χ0n) is 12.5. The molecule has 0 aliphatic heterocycles. The van der Waals surface area contributed by atoms with Gasteiger partial charge in [0.15, 0.2) is 12.4 Å². The van der Waals surface area contributed by atoms with E-state index >= 15 is 0 Å². The number of methoxy groups -OCH3 is 1. The van der Waals surface area contributed by atoms with Gasteiger partial charge in [0.2, 0.25) is 0 Å². The predicted molar refractivity (Wildman–Crippen MR) is 90.5 cm³/mol. The fourth-order valence-electron chi connectivity index (χ4n) is 1.87. The first-order valence-corrected chi connectivity index (χ1v) is 7.45. The highest BCUT2D eigenvalue weighted by atomic mass is 35.5. The van der Waals surface area contributed by atoms with Crippen molar-refractivity contribution in [3.05, 3.63) is 52.0 Å². The second-order valence-electron chi connectivity index (χ2n) is 4.63. The van der Waals surface area contributed by atoms with E-state index in [1.807, 2.05) is 0 Å². The smallest absolute Gasteiger partial charge is 0.341 e. The maximum absolute atomic E-state index is 12.2. The molecule has 1 amide bonds. The van der Waals surface area contributed by atoms with Crippen LogP contribution in [0.2, 0.25) is 10.0 Å². The van der Waals surface area contributed by atoms with Gasteiger partial charge in [0.1, 0.15) is 5.75 Å². The molecule has 2 aromatic carbocycles. The fraction of sp³-hybridized carbons (Fsp3) is 0.125. The Balaban J connectivity index is 2.08. The highest BCUT2D eigenvalue weighted by Gasteiger charge is 2.13. The second kappa shape index (κ2) is 7.90. The molecule has 0 unspecified atom stereocenters. The topological polar surface area (TPSA) is 84.9 Å². The summed E-state index contributed by atoms with van der Waals surface area (Å²) in [6.45, 7) is -0.436. The average molecular weight is 370 g/mol. The molecule has 0 saturated heterocycles. The van der Waals surface area contributed by atoms with Crippen molar-refractivity contribution in [1.82, 2.24) is 0 Å². The van der Waals surface area contributed by atoms with Crippen LogP contribution < -0.4 is 14.8 Å². The first-order chi connectivity index (χ1) is 11.4. The number of anilines is 1. The summed E-state index contributed by atoms with van der Waals surface area (Å²) in [4.78, 5) is 22.7. The highest BCUT2D eigenvalue weighted by Crippen LogP contribution is 2.34. The van der Waals surface area contributed by atoms with Crippen LogP contribution >= 0.6 is 23.2 Å². The Bertz CT molecular complexity index is 739. The van der Waals surface area contributed by atoms with Crippen LogP contribution in [0.1, 0.15) is 10.4 Å². The average Bonchev–Trinajstić information content (AvgIpc) is 2.53. The number of carbonyl (C=O) groups is 2. The number of nitrogens with one attached hydrogen (secondary N) is 1. The van der Waals surface area contributed by atoms with E-state index in [-0.39, 0.29) is 15.6 Å². The summed E-state index contributed by atoms with van der Waals surface area (Å²) in [6.07, 6.45) is 0. The Hall–Kier alpha value is -2.44. The van der Waals surface area contributed by atoms with Crippen LogP contribution in [0.3, 0.4) is 0 Å². The highest BCUT2D eigenvalue weighted by molar-refractivity contribution is 6.37. The van der Waals surface area contributed by atoms with Crippen LogP contribution in [0.5, 0.6) is 11.5 Å². The lowest BCUT2D eigenvalue weighted by Crippen LogP contribution is -2.12. The van der Waals surface area contributed by atoms with E-state index in [2.05, 4.69) is 5.32 Å². The number of halogens is 2. The Morgan fingerprint density at radius 1 is 1.12 bits per heavy atom. The van der Waals surface area contributed by atoms with Gasteiger partial charge in [0.05, 0.1) is 17.2 Å². The van der Waals surface area contributed by atoms with E-state index in [1.54, 1.807) is 24.3 Å². The molecule has 0 saturated carbocycles. The molecule has 0 heterocycles. The molecule has 2 rings (SSSR count). The van der Waals surface area contributed by atoms with Crippen molar-refractivity contribution in [2.24, 2.45) is 0 Å². The molecule has 0 radical (unpaired) electrons. The number of carbonyl (C=O) groups excluding carboxylic acids is 1. The van der Waals surface area contributed by atoms with Crippen LogP contribution in [-0.4, -0.2) is 30.7 Å². The molecular weight excluding hydrogens is 357 g/mol. The zero-order valence-corrected chi connectivity index (χ0v) is 14.0. The second-order valence-corrected chi connectivity index (χ2v) is 5.45. The molecular formula is C16H13Cl2NO5. The van der Waals surface area contributed by atoms with Crippen LogP contribution in [0, 0.1) is 0 Å². The van der Waals surface area contributed by atoms with Crippen molar-refractivity contribution < 1.29 is 24.2 Å². The molecule has 0 atom stereocenters. The molecule has 0 spiro atoms. The molecule has 0 aliphatic carbocycles. The largest absolute Gasteiger partial charge is 0.494 e. The quantitative estimate of drug-likeness (QED) is 0.810. The number of carboxylic acids is 1. The fourth-order valence-corrected chi connectivity index (χ4v) is 2.51. The number of aliphatic carboxylic acids is 1. The molecule has 0 fully saturated rings. The van der Waals surface area contributed by atoms with Crippen molar-refractivity contribution in [3.8, 4) is 11.5 Å². The van der Waals surface area contributed by atoms with Gasteiger partial charge in [-0.15, -0.1) is 0 Å². The van der Waals surface area contributed by atoms with Crippen molar-refractivity contribution in [3.63, 3.8) is 0 Å². The van der Waals surface area contributed by atoms with Gasteiger partial charge in [0, 0.05) is 11.3 Å². The monoisotopic (exact) mass is 369 g/mol. The summed E-state index contributed by atoms with van der Waals surface area (Å²) in [7, 11) is 1.43. The maximum atomic E-state index is 12.2. The lowest BCUT2D eigenvalue weighted by Gasteiger charge is -2.10. The summed E-state index contributed by atoms with van der Waals surface area (Å²) in [5.41, 5.74) is 0.780. The third kappa shape index (κ3) is 4.53. The van der Waals surface area contributed by atoms with Crippen molar-refractivity contribution in [2.45, 2.75) is 0 Å². The number of carboxylic acid groups (broad SMARTS) is 1. The molecule has 0 bridgehead atoms. The third-order valence-electron chi connectivity index (χ3n) is 2.94. The number of hydrogen-bond acceptors (Lipinski definition) is 4. The van der Waals surface area contributed by atoms with Crippen LogP contribution in [0.4, 0.5) is 5.69 Å². The molecule has 8 heteroatoms. The minimum Gasteiger partial charge on any atom is -0.494 e. The van der Waals surface area contributed by atoms with Gasteiger partial charge in [-0.25, -0.2) is 4.79 Å². The van der Waals surface area contributed by atoms with Gasteiger partial charge in [-0.2, -0.15) is 0 Å². The maximum Gasteiger partial charge on any atom is 0.341 e. The van der Waals surface area contributed by atoms with Crippen molar-refractivity contribution in [1.29, 1.82) is 0 Å². The first kappa shape index (κ1) is 17.9. The number of ether oxygens (including phenoxy) is 2. The summed E-state index contributed by atoms with van der Waals surface area (Å²) in [5.74, 6) is -0.790. The van der Waals surface area contributed by atoms with E-state index in [0.29, 0.717) is 17.2 Å². The molecule has 24 heavy (non-hydrogen) atoms. The molecule has 0 aromatic heterocycles. The summed E-state index contributed by atoms with van der Waals surface area (Å²) >= 11 is 12.0. The van der Waals surface area contributed by atoms with Gasteiger partial charge in [0.25, 0.3) is 5.91 Å². The molecule has 2 aromatic rings. The summed E-state index contributed by atoms with van der Waals surface area (Å²) < 4.78 is 10.0. The predicted octanol–water partition coefficient (Wildman–Crippen LogP) is 3.72. The minimum absolute atomic E-state index is 0.229. The number of rotatable bonds is 6. The number of amides is 1. The Morgan fingerprint density at radius 2 is 1.71 bits per heavy atom. The van der Waals surface area contributed by atoms with Gasteiger partial charge in [-0.05, 0) is 36.4 Å². The minimum atomic E-state index is -1.07. The summed E-state index contributed by atoms with van der Waals surface area (Å²) in [6, 6.07) is 9.17. The van der Waals surface area contributed by atoms with E-state index in [1.165, 1.54) is 19.2 Å². The van der Waals surface area contributed by atoms with Crippen molar-refractivity contribution >= 4 is 40.8 Å². The van der Waals surface area contributed by atoms with Crippen LogP contribution in [0.25, 0.3) is 0 Å². The standard InChI is InChI=1S/C16H13Cl2NO5/c1-23-15-12(17)6-9(7-13(15)18)16(22)19-10-2-4-11(5-3-10)24-8-14(20)21/h2-7H,8H2,1H3,(H,19,22)(H,20,21). The Morgan fingerprint density at radius 3 is 2.21 bits per heavy atom. The van der Waals surface area contributed by atoms with Gasteiger partial charge in [-0.1, -0.05) is 23.2 Å². The molecule has 126 valence electrons. The van der Waals surface area contributed by atoms with Crippen molar-refractivity contribution in [2.75, 3.05) is 19.0 Å². The Labute approximate surface area is 147 Å². The Kier molecular flexibility index (Phi) is 5.89. The molecule has 2 N–H and O–H groups in total. The van der Waals surface area contributed by atoms with Crippen LogP contribution in [-0.2, 0) is 4.79 Å². The van der Waals surface area contributed by atoms with E-state index in [0.717, 1.165) is 0 Å². The van der Waals surface area contributed by atoms with Crippen LogP contribution in [0.15, 0.2) is 36.4 Å². The third-order valence-corrected chi connectivity index (χ3v) is 3.50. The zero-order chi connectivity index (χ0) is 17.7. The van der Waals surface area contributed by atoms with E-state index in [4.69, 9.17) is 37.8 Å². The normalized spacial score (nSPS) is 10.1. The molecule has 0 aliphatic rings. The SMILES string of the molecule is COc1c(Cl)cc(C(=O)Nc2ccc(OCC(=O)O)cc2)cc1Cl. The molecule has 6 nitrogen and oxygen atoms in total. The van der Waals surface area contributed by atoms with Gasteiger partial charge >= 0.3 is 5.97 Å².